The predicted octanol–water partition coefficient (Wildman–Crippen LogP) is 4.66. The van der Waals surface area contributed by atoms with Gasteiger partial charge in [-0.1, -0.05) is 42.5 Å². The number of imidazole rings is 1. The Hall–Kier alpha value is -2.85. The Labute approximate surface area is 172 Å². The minimum absolute atomic E-state index is 0.575. The van der Waals surface area contributed by atoms with Crippen molar-refractivity contribution in [2.45, 2.75) is 17.7 Å². The summed E-state index contributed by atoms with van der Waals surface area (Å²) in [6.45, 7) is 3.11. The second-order valence-corrected chi connectivity index (χ2v) is 8.01. The molecule has 5 nitrogen and oxygen atoms in total. The zero-order valence-electron chi connectivity index (χ0n) is 16.0. The van der Waals surface area contributed by atoms with Crippen LogP contribution in [0.25, 0.3) is 16.7 Å². The second-order valence-electron chi connectivity index (χ2n) is 7.02. The van der Waals surface area contributed by atoms with E-state index in [2.05, 4.69) is 16.5 Å². The van der Waals surface area contributed by atoms with Crippen LogP contribution in [0.5, 0.6) is 0 Å². The predicted molar refractivity (Wildman–Crippen MR) is 113 cm³/mol. The van der Waals surface area contributed by atoms with Crippen molar-refractivity contribution in [2.75, 3.05) is 19.0 Å². The number of pyridine rings is 1. The third kappa shape index (κ3) is 2.99. The highest BCUT2D eigenvalue weighted by Gasteiger charge is 2.39. The van der Waals surface area contributed by atoms with Gasteiger partial charge >= 0.3 is 0 Å². The molecule has 0 bridgehead atoms. The molecule has 144 valence electrons. The van der Waals surface area contributed by atoms with E-state index in [0.717, 1.165) is 27.2 Å². The van der Waals surface area contributed by atoms with Crippen LogP contribution in [0.3, 0.4) is 0 Å². The average Bonchev–Trinajstić information content (AvgIpc) is 3.38. The quantitative estimate of drug-likeness (QED) is 0.466. The first-order chi connectivity index (χ1) is 14.2. The van der Waals surface area contributed by atoms with E-state index in [1.807, 2.05) is 61.5 Å². The molecule has 1 saturated heterocycles. The second kappa shape index (κ2) is 7.20. The van der Waals surface area contributed by atoms with Crippen molar-refractivity contribution in [1.29, 1.82) is 5.26 Å². The van der Waals surface area contributed by atoms with Crippen LogP contribution in [0, 0.1) is 18.3 Å². The molecule has 0 radical (unpaired) electrons. The topological polar surface area (TPSA) is 59.6 Å². The Kier molecular flexibility index (Phi) is 4.51. The Morgan fingerprint density at radius 1 is 1.10 bits per heavy atom. The molecule has 2 aromatic carbocycles. The van der Waals surface area contributed by atoms with Gasteiger partial charge in [-0.15, -0.1) is 11.8 Å². The number of para-hydroxylation sites is 2. The lowest BCUT2D eigenvalue weighted by Gasteiger charge is -2.27. The van der Waals surface area contributed by atoms with E-state index in [4.69, 9.17) is 14.5 Å². The van der Waals surface area contributed by atoms with Crippen LogP contribution >= 0.6 is 11.8 Å². The lowest BCUT2D eigenvalue weighted by atomic mass is 10.1. The molecular formula is C23H19N3O2S. The standard InChI is InChI=1S/C23H19N3O2S/c1-16-13-21(26-20-10-6-5-9-19(20)25-22(26)18(16)14-24)29-15-23(27-11-12-28-23)17-7-3-2-4-8-17/h2-10,13H,11-12,15H2,1H3. The number of benzene rings is 2. The maximum absolute atomic E-state index is 9.67. The van der Waals surface area contributed by atoms with E-state index < -0.39 is 5.79 Å². The fourth-order valence-corrected chi connectivity index (χ4v) is 5.05. The number of ether oxygens (including phenoxy) is 2. The SMILES string of the molecule is Cc1cc(SCC2(c3ccccc3)OCCO2)n2c(nc3ccccc32)c1C#N. The van der Waals surface area contributed by atoms with Crippen LogP contribution in [0.2, 0.25) is 0 Å². The summed E-state index contributed by atoms with van der Waals surface area (Å²) in [7, 11) is 0. The minimum atomic E-state index is -0.767. The molecule has 0 atom stereocenters. The molecule has 0 amide bonds. The van der Waals surface area contributed by atoms with Gasteiger partial charge in [0.15, 0.2) is 5.65 Å². The number of fused-ring (bicyclic) bond motifs is 3. The van der Waals surface area contributed by atoms with E-state index >= 15 is 0 Å². The van der Waals surface area contributed by atoms with Crippen LogP contribution in [0.1, 0.15) is 16.7 Å². The van der Waals surface area contributed by atoms with Crippen molar-refractivity contribution in [3.8, 4) is 6.07 Å². The maximum Gasteiger partial charge on any atom is 0.204 e. The summed E-state index contributed by atoms with van der Waals surface area (Å²) < 4.78 is 14.2. The van der Waals surface area contributed by atoms with Gasteiger partial charge in [0, 0.05) is 5.56 Å². The zero-order chi connectivity index (χ0) is 19.8. The lowest BCUT2D eigenvalue weighted by molar-refractivity contribution is -0.145. The lowest BCUT2D eigenvalue weighted by Crippen LogP contribution is -2.30. The van der Waals surface area contributed by atoms with Gasteiger partial charge in [0.05, 0.1) is 40.6 Å². The zero-order valence-corrected chi connectivity index (χ0v) is 16.8. The normalized spacial score (nSPS) is 15.7. The molecule has 1 aliphatic heterocycles. The maximum atomic E-state index is 9.67. The fraction of sp³-hybridized carbons (Fsp3) is 0.217. The molecule has 0 aliphatic carbocycles. The van der Waals surface area contributed by atoms with Crippen molar-refractivity contribution in [3.05, 3.63) is 77.4 Å². The van der Waals surface area contributed by atoms with Crippen molar-refractivity contribution in [2.24, 2.45) is 0 Å². The third-order valence-electron chi connectivity index (χ3n) is 5.23. The molecule has 2 aromatic heterocycles. The van der Waals surface area contributed by atoms with Gasteiger partial charge in [-0.3, -0.25) is 4.40 Å². The molecular weight excluding hydrogens is 382 g/mol. The molecule has 1 fully saturated rings. The molecule has 0 N–H and O–H groups in total. The summed E-state index contributed by atoms with van der Waals surface area (Å²) in [5.74, 6) is -0.166. The average molecular weight is 401 g/mol. The number of hydrogen-bond donors (Lipinski definition) is 0. The number of thioether (sulfide) groups is 1. The summed E-state index contributed by atoms with van der Waals surface area (Å²) in [6, 6.07) is 22.4. The number of aryl methyl sites for hydroxylation is 1. The molecule has 1 aliphatic rings. The number of hydrogen-bond acceptors (Lipinski definition) is 5. The van der Waals surface area contributed by atoms with Crippen molar-refractivity contribution >= 4 is 28.4 Å². The Morgan fingerprint density at radius 3 is 2.59 bits per heavy atom. The largest absolute Gasteiger partial charge is 0.343 e. The van der Waals surface area contributed by atoms with Gasteiger partial charge in [0.2, 0.25) is 5.79 Å². The minimum Gasteiger partial charge on any atom is -0.343 e. The Morgan fingerprint density at radius 2 is 1.83 bits per heavy atom. The van der Waals surface area contributed by atoms with Gasteiger partial charge in [-0.25, -0.2) is 4.98 Å². The van der Waals surface area contributed by atoms with Gasteiger partial charge in [-0.2, -0.15) is 5.26 Å². The van der Waals surface area contributed by atoms with E-state index in [-0.39, 0.29) is 0 Å². The van der Waals surface area contributed by atoms with Crippen molar-refractivity contribution in [1.82, 2.24) is 9.38 Å². The van der Waals surface area contributed by atoms with Gasteiger partial charge < -0.3 is 9.47 Å². The molecule has 6 heteroatoms. The molecule has 4 aromatic rings. The highest BCUT2D eigenvalue weighted by atomic mass is 32.2. The van der Waals surface area contributed by atoms with Crippen molar-refractivity contribution in [3.63, 3.8) is 0 Å². The summed E-state index contributed by atoms with van der Waals surface area (Å²) >= 11 is 1.66. The first-order valence-corrected chi connectivity index (χ1v) is 10.5. The summed E-state index contributed by atoms with van der Waals surface area (Å²) in [5.41, 5.74) is 5.10. The summed E-state index contributed by atoms with van der Waals surface area (Å²) in [5, 5.41) is 10.7. The number of nitriles is 1. The molecule has 0 spiro atoms. The molecule has 3 heterocycles. The van der Waals surface area contributed by atoms with Gasteiger partial charge in [0.1, 0.15) is 6.07 Å². The summed E-state index contributed by atoms with van der Waals surface area (Å²) in [4.78, 5) is 4.73. The van der Waals surface area contributed by atoms with Crippen LogP contribution in [0.4, 0.5) is 0 Å². The van der Waals surface area contributed by atoms with E-state index in [1.54, 1.807) is 11.8 Å². The highest BCUT2D eigenvalue weighted by molar-refractivity contribution is 7.99. The van der Waals surface area contributed by atoms with Gasteiger partial charge in [-0.05, 0) is 30.7 Å². The highest BCUT2D eigenvalue weighted by Crippen LogP contribution is 2.38. The number of nitrogens with zero attached hydrogens (tertiary/aromatic N) is 3. The van der Waals surface area contributed by atoms with E-state index in [0.29, 0.717) is 30.2 Å². The molecule has 0 unspecified atom stereocenters. The van der Waals surface area contributed by atoms with Crippen molar-refractivity contribution < 1.29 is 9.47 Å². The molecule has 0 saturated carbocycles. The van der Waals surface area contributed by atoms with E-state index in [1.165, 1.54) is 0 Å². The van der Waals surface area contributed by atoms with Crippen LogP contribution in [-0.2, 0) is 15.3 Å². The first-order valence-electron chi connectivity index (χ1n) is 9.49. The fourth-order valence-electron chi connectivity index (χ4n) is 3.81. The first kappa shape index (κ1) is 18.2. The number of rotatable bonds is 4. The molecule has 5 rings (SSSR count). The molecule has 29 heavy (non-hydrogen) atoms. The Balaban J connectivity index is 1.61. The summed E-state index contributed by atoms with van der Waals surface area (Å²) in [6.07, 6.45) is 0. The monoisotopic (exact) mass is 401 g/mol. The third-order valence-corrected chi connectivity index (χ3v) is 6.35. The van der Waals surface area contributed by atoms with Gasteiger partial charge in [0.25, 0.3) is 0 Å². The van der Waals surface area contributed by atoms with Crippen LogP contribution in [-0.4, -0.2) is 28.4 Å². The number of aromatic nitrogens is 2. The van der Waals surface area contributed by atoms with Crippen LogP contribution < -0.4 is 0 Å². The Bertz CT molecular complexity index is 1240. The van der Waals surface area contributed by atoms with Crippen LogP contribution in [0.15, 0.2) is 65.7 Å². The van der Waals surface area contributed by atoms with E-state index in [9.17, 15) is 5.26 Å². The smallest absolute Gasteiger partial charge is 0.204 e.